The second-order valence-electron chi connectivity index (χ2n) is 7.74. The van der Waals surface area contributed by atoms with Gasteiger partial charge in [0.05, 0.1) is 5.37 Å². The van der Waals surface area contributed by atoms with Crippen molar-refractivity contribution in [2.45, 2.75) is 58.9 Å². The van der Waals surface area contributed by atoms with Gasteiger partial charge in [-0.3, -0.25) is 9.59 Å². The zero-order chi connectivity index (χ0) is 18.6. The number of carbonyl (C=O) groups excluding carboxylic acids is 2. The average molecular weight is 363 g/mol. The lowest BCUT2D eigenvalue weighted by atomic mass is 9.94. The summed E-state index contributed by atoms with van der Waals surface area (Å²) in [4.78, 5) is 27.8. The van der Waals surface area contributed by atoms with Crippen molar-refractivity contribution < 1.29 is 9.59 Å². The highest BCUT2D eigenvalue weighted by atomic mass is 32.2. The van der Waals surface area contributed by atoms with Gasteiger partial charge in [0, 0.05) is 17.9 Å². The number of amides is 2. The van der Waals surface area contributed by atoms with Crippen molar-refractivity contribution >= 4 is 23.6 Å². The van der Waals surface area contributed by atoms with Crippen LogP contribution in [0.15, 0.2) is 24.3 Å². The Morgan fingerprint density at radius 3 is 2.56 bits per heavy atom. The Kier molecular flexibility index (Phi) is 6.55. The molecule has 1 aromatic carbocycles. The molecule has 1 heterocycles. The Morgan fingerprint density at radius 2 is 1.96 bits per heavy atom. The maximum absolute atomic E-state index is 13.3. The van der Waals surface area contributed by atoms with Gasteiger partial charge in [-0.05, 0) is 30.4 Å². The summed E-state index contributed by atoms with van der Waals surface area (Å²) in [6.07, 6.45) is 2.00. The van der Waals surface area contributed by atoms with Gasteiger partial charge in [0.1, 0.15) is 6.04 Å². The van der Waals surface area contributed by atoms with Gasteiger partial charge in [0.25, 0.3) is 5.91 Å². The van der Waals surface area contributed by atoms with E-state index in [2.05, 4.69) is 33.0 Å². The lowest BCUT2D eigenvalue weighted by molar-refractivity contribution is -0.125. The predicted molar refractivity (Wildman–Crippen MR) is 105 cm³/mol. The van der Waals surface area contributed by atoms with Crippen LogP contribution in [0.2, 0.25) is 0 Å². The number of benzene rings is 1. The van der Waals surface area contributed by atoms with Gasteiger partial charge in [0.15, 0.2) is 0 Å². The normalized spacial score (nSPS) is 20.6. The SMILES string of the molecule is CCCCNC(=O)[C@H]1CS[C@H](C(C)(C)C)N1C(=O)c1ccccc1C. The third-order valence-corrected chi connectivity index (χ3v) is 6.24. The summed E-state index contributed by atoms with van der Waals surface area (Å²) in [7, 11) is 0. The van der Waals surface area contributed by atoms with Crippen molar-refractivity contribution in [2.75, 3.05) is 12.3 Å². The zero-order valence-corrected chi connectivity index (χ0v) is 16.8. The minimum absolute atomic E-state index is 0.0125. The van der Waals surface area contributed by atoms with Crippen LogP contribution in [0.5, 0.6) is 0 Å². The number of unbranched alkanes of at least 4 members (excludes halogenated alkanes) is 1. The maximum atomic E-state index is 13.3. The van der Waals surface area contributed by atoms with Gasteiger partial charge >= 0.3 is 0 Å². The molecule has 25 heavy (non-hydrogen) atoms. The van der Waals surface area contributed by atoms with Crippen LogP contribution in [0.25, 0.3) is 0 Å². The van der Waals surface area contributed by atoms with Gasteiger partial charge in [-0.15, -0.1) is 11.8 Å². The summed E-state index contributed by atoms with van der Waals surface area (Å²) in [5, 5.41) is 2.99. The van der Waals surface area contributed by atoms with Crippen molar-refractivity contribution in [2.24, 2.45) is 5.41 Å². The number of rotatable bonds is 5. The first kappa shape index (κ1) is 19.8. The lowest BCUT2D eigenvalue weighted by Gasteiger charge is -2.36. The molecule has 4 nitrogen and oxygen atoms in total. The summed E-state index contributed by atoms with van der Waals surface area (Å²) in [6.45, 7) is 11.1. The van der Waals surface area contributed by atoms with E-state index in [0.717, 1.165) is 18.4 Å². The number of carbonyl (C=O) groups is 2. The van der Waals surface area contributed by atoms with Gasteiger partial charge in [0.2, 0.25) is 5.91 Å². The molecule has 0 saturated carbocycles. The Bertz CT molecular complexity index is 624. The van der Waals surface area contributed by atoms with E-state index in [1.165, 1.54) is 0 Å². The van der Waals surface area contributed by atoms with Crippen molar-refractivity contribution in [3.05, 3.63) is 35.4 Å². The van der Waals surface area contributed by atoms with Crippen LogP contribution >= 0.6 is 11.8 Å². The first-order valence-electron chi connectivity index (χ1n) is 9.05. The second kappa shape index (κ2) is 8.26. The molecule has 1 aliphatic rings. The summed E-state index contributed by atoms with van der Waals surface area (Å²) in [5.74, 6) is 0.575. The summed E-state index contributed by atoms with van der Waals surface area (Å²) in [5.41, 5.74) is 1.54. The van der Waals surface area contributed by atoms with Crippen LogP contribution in [-0.2, 0) is 4.79 Å². The topological polar surface area (TPSA) is 49.4 Å². The third kappa shape index (κ3) is 4.57. The summed E-state index contributed by atoms with van der Waals surface area (Å²) >= 11 is 1.71. The molecule has 0 aromatic heterocycles. The quantitative estimate of drug-likeness (QED) is 0.810. The van der Waals surface area contributed by atoms with E-state index >= 15 is 0 Å². The fourth-order valence-electron chi connectivity index (χ4n) is 3.08. The average Bonchev–Trinajstić information content (AvgIpc) is 3.00. The molecule has 1 N–H and O–H groups in total. The molecule has 1 saturated heterocycles. The largest absolute Gasteiger partial charge is 0.354 e. The molecule has 0 aliphatic carbocycles. The van der Waals surface area contributed by atoms with Crippen LogP contribution in [0, 0.1) is 12.3 Å². The standard InChI is InChI=1S/C20H30N2O2S/c1-6-7-12-21-17(23)16-13-25-19(20(3,4)5)22(16)18(24)15-11-9-8-10-14(15)2/h8-11,16,19H,6-7,12-13H2,1-5H3,(H,21,23)/t16-,19-/m1/s1. The van der Waals surface area contributed by atoms with Crippen molar-refractivity contribution in [3.63, 3.8) is 0 Å². The van der Waals surface area contributed by atoms with Crippen LogP contribution < -0.4 is 5.32 Å². The second-order valence-corrected chi connectivity index (χ2v) is 8.85. The molecular formula is C20H30N2O2S. The first-order valence-corrected chi connectivity index (χ1v) is 10.1. The highest BCUT2D eigenvalue weighted by Gasteiger charge is 2.46. The van der Waals surface area contributed by atoms with E-state index in [1.807, 2.05) is 36.1 Å². The Hall–Kier alpha value is -1.49. The molecule has 1 aliphatic heterocycles. The number of hydrogen-bond acceptors (Lipinski definition) is 3. The van der Waals surface area contributed by atoms with Gasteiger partial charge in [-0.2, -0.15) is 0 Å². The highest BCUT2D eigenvalue weighted by Crippen LogP contribution is 2.41. The van der Waals surface area contributed by atoms with Crippen molar-refractivity contribution in [3.8, 4) is 0 Å². The molecule has 0 radical (unpaired) electrons. The fourth-order valence-corrected chi connectivity index (χ4v) is 4.66. The molecule has 1 fully saturated rings. The predicted octanol–water partition coefficient (Wildman–Crippen LogP) is 3.84. The number of hydrogen-bond donors (Lipinski definition) is 1. The van der Waals surface area contributed by atoms with Gasteiger partial charge < -0.3 is 10.2 Å². The lowest BCUT2D eigenvalue weighted by Crippen LogP contribution is -2.52. The Labute approximate surface area is 155 Å². The van der Waals surface area contributed by atoms with E-state index in [-0.39, 0.29) is 22.6 Å². The molecule has 0 spiro atoms. The van der Waals surface area contributed by atoms with Crippen LogP contribution in [0.1, 0.15) is 56.5 Å². The number of nitrogens with zero attached hydrogens (tertiary/aromatic N) is 1. The van der Waals surface area contributed by atoms with E-state index in [1.54, 1.807) is 11.8 Å². The van der Waals surface area contributed by atoms with Crippen LogP contribution in [0.3, 0.4) is 0 Å². The molecule has 2 amide bonds. The molecular weight excluding hydrogens is 332 g/mol. The fraction of sp³-hybridized carbons (Fsp3) is 0.600. The van der Waals surface area contributed by atoms with E-state index < -0.39 is 6.04 Å². The molecule has 2 atom stereocenters. The number of nitrogens with one attached hydrogen (secondary N) is 1. The minimum atomic E-state index is -0.404. The highest BCUT2D eigenvalue weighted by molar-refractivity contribution is 8.00. The molecule has 0 unspecified atom stereocenters. The van der Waals surface area contributed by atoms with Crippen LogP contribution in [-0.4, -0.2) is 40.4 Å². The molecule has 0 bridgehead atoms. The van der Waals surface area contributed by atoms with Crippen molar-refractivity contribution in [1.82, 2.24) is 10.2 Å². The first-order chi connectivity index (χ1) is 11.8. The number of aryl methyl sites for hydroxylation is 1. The van der Waals surface area contributed by atoms with Crippen molar-refractivity contribution in [1.29, 1.82) is 0 Å². The third-order valence-electron chi connectivity index (χ3n) is 4.48. The molecule has 138 valence electrons. The van der Waals surface area contributed by atoms with Gasteiger partial charge in [-0.25, -0.2) is 0 Å². The molecule has 2 rings (SSSR count). The number of thioether (sulfide) groups is 1. The van der Waals surface area contributed by atoms with E-state index in [0.29, 0.717) is 17.9 Å². The maximum Gasteiger partial charge on any atom is 0.255 e. The van der Waals surface area contributed by atoms with Gasteiger partial charge in [-0.1, -0.05) is 52.3 Å². The Morgan fingerprint density at radius 1 is 1.28 bits per heavy atom. The monoisotopic (exact) mass is 362 g/mol. The Balaban J connectivity index is 2.29. The van der Waals surface area contributed by atoms with E-state index in [9.17, 15) is 9.59 Å². The van der Waals surface area contributed by atoms with E-state index in [4.69, 9.17) is 0 Å². The molecule has 1 aromatic rings. The summed E-state index contributed by atoms with van der Waals surface area (Å²) in [6, 6.07) is 7.20. The van der Waals surface area contributed by atoms with Crippen LogP contribution in [0.4, 0.5) is 0 Å². The minimum Gasteiger partial charge on any atom is -0.354 e. The zero-order valence-electron chi connectivity index (χ0n) is 16.0. The molecule has 5 heteroatoms. The summed E-state index contributed by atoms with van der Waals surface area (Å²) < 4.78 is 0. The smallest absolute Gasteiger partial charge is 0.255 e.